The minimum absolute atomic E-state index is 0.0214. The number of aliphatic imine (C=N–C) groups is 2. The summed E-state index contributed by atoms with van der Waals surface area (Å²) in [5.74, 6) is -0.196. The number of hydrogen-bond acceptors (Lipinski definition) is 4. The number of carbonyl (C=O) groups excluding carboxylic acids is 2. The van der Waals surface area contributed by atoms with E-state index in [0.717, 1.165) is 11.8 Å². The monoisotopic (exact) mass is 477 g/mol. The second-order valence-electron chi connectivity index (χ2n) is 7.51. The van der Waals surface area contributed by atoms with Crippen molar-refractivity contribution in [2.45, 2.75) is 11.3 Å². The molecule has 9 heteroatoms. The Morgan fingerprint density at radius 3 is 2.36 bits per heavy atom. The van der Waals surface area contributed by atoms with Gasteiger partial charge < -0.3 is 4.90 Å². The van der Waals surface area contributed by atoms with Gasteiger partial charge in [-0.25, -0.2) is 13.2 Å². The molecule has 7 nitrogen and oxygen atoms in total. The van der Waals surface area contributed by atoms with Gasteiger partial charge in [-0.15, -0.1) is 0 Å². The van der Waals surface area contributed by atoms with Crippen molar-refractivity contribution in [3.63, 3.8) is 0 Å². The first-order valence-electron chi connectivity index (χ1n) is 10.1. The quantitative estimate of drug-likeness (QED) is 0.551. The topological polar surface area (TPSA) is 96.2 Å². The molecule has 0 N–H and O–H groups in total. The zero-order valence-corrected chi connectivity index (χ0v) is 18.7. The van der Waals surface area contributed by atoms with Gasteiger partial charge in [-0.1, -0.05) is 41.9 Å². The summed E-state index contributed by atoms with van der Waals surface area (Å²) in [5.41, 5.74) is 3.06. The molecule has 0 fully saturated rings. The molecule has 0 aliphatic carbocycles. The zero-order chi connectivity index (χ0) is 23.2. The van der Waals surface area contributed by atoms with E-state index in [1.165, 1.54) is 6.07 Å². The van der Waals surface area contributed by atoms with Gasteiger partial charge in [0, 0.05) is 28.4 Å². The van der Waals surface area contributed by atoms with E-state index in [0.29, 0.717) is 40.4 Å². The fourth-order valence-electron chi connectivity index (χ4n) is 4.07. The Hall–Kier alpha value is -3.62. The molecular formula is C24H16ClN3O4S. The van der Waals surface area contributed by atoms with Gasteiger partial charge in [0.25, 0.3) is 5.91 Å². The Morgan fingerprint density at radius 1 is 0.970 bits per heavy atom. The molecule has 3 amide bonds. The summed E-state index contributed by atoms with van der Waals surface area (Å²) in [7, 11) is -4.10. The van der Waals surface area contributed by atoms with E-state index in [1.807, 2.05) is 30.3 Å². The lowest BCUT2D eigenvalue weighted by atomic mass is 9.97. The summed E-state index contributed by atoms with van der Waals surface area (Å²) in [6, 6.07) is 18.0. The van der Waals surface area contributed by atoms with Gasteiger partial charge in [0.05, 0.1) is 11.1 Å². The Kier molecular flexibility index (Phi) is 5.19. The number of anilines is 1. The second kappa shape index (κ2) is 8.06. The molecule has 0 saturated carbocycles. The summed E-state index contributed by atoms with van der Waals surface area (Å²) < 4.78 is 26.8. The van der Waals surface area contributed by atoms with E-state index in [4.69, 9.17) is 11.6 Å². The highest BCUT2D eigenvalue weighted by Gasteiger charge is 2.34. The normalized spacial score (nSPS) is 15.0. The summed E-state index contributed by atoms with van der Waals surface area (Å²) in [5, 5.41) is 0.142. The van der Waals surface area contributed by atoms with Crippen LogP contribution in [-0.2, 0) is 16.3 Å². The molecule has 0 aromatic heterocycles. The molecule has 2 aliphatic rings. The van der Waals surface area contributed by atoms with Crippen LogP contribution in [0.3, 0.4) is 0 Å². The van der Waals surface area contributed by atoms with Crippen molar-refractivity contribution in [1.82, 2.24) is 0 Å². The van der Waals surface area contributed by atoms with Crippen LogP contribution in [0.25, 0.3) is 11.1 Å². The standard InChI is InChI=1S/C24H16ClN3O4S/c25-17-8-6-16(7-9-17)23(29)28-13-12-18-19(28)10-11-20(22(18)15-4-2-1-3-5-15)33(31,32)21-14-26-24(30)27-21/h1-11,14H,12-13H2. The molecule has 5 rings (SSSR count). The summed E-state index contributed by atoms with van der Waals surface area (Å²) in [4.78, 5) is 33.3. The molecule has 3 aromatic rings. The van der Waals surface area contributed by atoms with Crippen LogP contribution in [-0.4, -0.2) is 38.2 Å². The van der Waals surface area contributed by atoms with Crippen molar-refractivity contribution in [2.75, 3.05) is 11.4 Å². The maximum Gasteiger partial charge on any atom is 0.368 e. The number of sulfone groups is 1. The van der Waals surface area contributed by atoms with E-state index < -0.39 is 20.9 Å². The zero-order valence-electron chi connectivity index (χ0n) is 17.1. The van der Waals surface area contributed by atoms with Crippen LogP contribution >= 0.6 is 11.6 Å². The first-order valence-corrected chi connectivity index (χ1v) is 11.9. The highest BCUT2D eigenvalue weighted by Crippen LogP contribution is 2.41. The van der Waals surface area contributed by atoms with Crippen molar-refractivity contribution in [3.05, 3.63) is 82.9 Å². The number of nitrogens with zero attached hydrogens (tertiary/aromatic N) is 3. The molecule has 0 spiro atoms. The van der Waals surface area contributed by atoms with E-state index in [9.17, 15) is 18.0 Å². The van der Waals surface area contributed by atoms with Crippen LogP contribution in [0.5, 0.6) is 0 Å². The van der Waals surface area contributed by atoms with E-state index in [-0.39, 0.29) is 10.8 Å². The third kappa shape index (κ3) is 3.67. The van der Waals surface area contributed by atoms with Crippen molar-refractivity contribution < 1.29 is 18.0 Å². The average molecular weight is 478 g/mol. The lowest BCUT2D eigenvalue weighted by Gasteiger charge is -2.20. The molecule has 3 aromatic carbocycles. The number of benzene rings is 3. The van der Waals surface area contributed by atoms with E-state index >= 15 is 0 Å². The maximum atomic E-state index is 13.4. The van der Waals surface area contributed by atoms with E-state index in [1.54, 1.807) is 35.2 Å². The van der Waals surface area contributed by atoms with Crippen LogP contribution in [0, 0.1) is 0 Å². The molecule has 0 atom stereocenters. The molecule has 0 bridgehead atoms. The number of fused-ring (bicyclic) bond motifs is 1. The fraction of sp³-hybridized carbons (Fsp3) is 0.0833. The number of urea groups is 1. The molecule has 0 unspecified atom stereocenters. The number of carbonyl (C=O) groups is 2. The van der Waals surface area contributed by atoms with Crippen LogP contribution < -0.4 is 4.90 Å². The second-order valence-corrected chi connectivity index (χ2v) is 9.81. The van der Waals surface area contributed by atoms with Crippen LogP contribution in [0.1, 0.15) is 15.9 Å². The van der Waals surface area contributed by atoms with Crippen molar-refractivity contribution in [3.8, 4) is 11.1 Å². The van der Waals surface area contributed by atoms with Crippen LogP contribution in [0.2, 0.25) is 5.02 Å². The van der Waals surface area contributed by atoms with Gasteiger partial charge in [-0.3, -0.25) is 4.79 Å². The molecule has 0 saturated heterocycles. The smallest absolute Gasteiger partial charge is 0.308 e. The molecule has 0 radical (unpaired) electrons. The van der Waals surface area contributed by atoms with Crippen LogP contribution in [0.15, 0.2) is 81.6 Å². The lowest BCUT2D eigenvalue weighted by Crippen LogP contribution is -2.28. The molecule has 2 aliphatic heterocycles. The largest absolute Gasteiger partial charge is 0.368 e. The number of hydrogen-bond donors (Lipinski definition) is 0. The predicted octanol–water partition coefficient (Wildman–Crippen LogP) is 4.59. The molecular weight excluding hydrogens is 462 g/mol. The average Bonchev–Trinajstić information content (AvgIpc) is 3.46. The highest BCUT2D eigenvalue weighted by molar-refractivity contribution is 8.08. The van der Waals surface area contributed by atoms with Gasteiger partial charge in [-0.05, 0) is 53.9 Å². The van der Waals surface area contributed by atoms with Gasteiger partial charge in [0.2, 0.25) is 9.84 Å². The third-order valence-corrected chi connectivity index (χ3v) is 7.50. The Bertz CT molecular complexity index is 1460. The number of halogens is 1. The Labute approximate surface area is 195 Å². The molecule has 164 valence electrons. The predicted molar refractivity (Wildman–Crippen MR) is 127 cm³/mol. The van der Waals surface area contributed by atoms with Crippen molar-refractivity contribution in [1.29, 1.82) is 0 Å². The van der Waals surface area contributed by atoms with Crippen molar-refractivity contribution in [2.24, 2.45) is 9.98 Å². The van der Waals surface area contributed by atoms with Gasteiger partial charge in [0.15, 0.2) is 5.04 Å². The van der Waals surface area contributed by atoms with Gasteiger partial charge >= 0.3 is 6.03 Å². The molecule has 33 heavy (non-hydrogen) atoms. The van der Waals surface area contributed by atoms with Gasteiger partial charge in [-0.2, -0.15) is 9.98 Å². The van der Waals surface area contributed by atoms with Crippen LogP contribution in [0.4, 0.5) is 10.5 Å². The first-order chi connectivity index (χ1) is 15.9. The molecule has 2 heterocycles. The van der Waals surface area contributed by atoms with E-state index in [2.05, 4.69) is 9.98 Å². The third-order valence-electron chi connectivity index (χ3n) is 5.58. The Balaban J connectivity index is 1.67. The minimum atomic E-state index is -4.10. The fourth-order valence-corrected chi connectivity index (χ4v) is 5.57. The number of amides is 3. The highest BCUT2D eigenvalue weighted by atomic mass is 35.5. The SMILES string of the molecule is O=C1N=CC(S(=O)(=O)c2ccc3c(c2-c2ccccc2)CCN3C(=O)c2ccc(Cl)cc2)=N1. The summed E-state index contributed by atoms with van der Waals surface area (Å²) in [6.45, 7) is 0.404. The lowest BCUT2D eigenvalue weighted by molar-refractivity contribution is 0.0989. The first kappa shape index (κ1) is 21.2. The van der Waals surface area contributed by atoms with Crippen molar-refractivity contribution >= 4 is 50.3 Å². The number of rotatable bonds is 3. The Morgan fingerprint density at radius 2 is 1.70 bits per heavy atom. The summed E-state index contributed by atoms with van der Waals surface area (Å²) in [6.07, 6.45) is 1.44. The van der Waals surface area contributed by atoms with Gasteiger partial charge in [0.1, 0.15) is 0 Å². The summed E-state index contributed by atoms with van der Waals surface area (Å²) >= 11 is 5.95. The maximum absolute atomic E-state index is 13.4. The minimum Gasteiger partial charge on any atom is -0.308 e.